The van der Waals surface area contributed by atoms with Crippen molar-refractivity contribution in [3.8, 4) is 0 Å². The zero-order chi connectivity index (χ0) is 19.9. The highest BCUT2D eigenvalue weighted by Gasteiger charge is 2.33. The fourth-order valence-electron chi connectivity index (χ4n) is 4.29. The fraction of sp³-hybridized carbons (Fsp3) is 0.652. The summed E-state index contributed by atoms with van der Waals surface area (Å²) in [5.74, 6) is 0.670. The van der Waals surface area contributed by atoms with Gasteiger partial charge in [0.1, 0.15) is 0 Å². The summed E-state index contributed by atoms with van der Waals surface area (Å²) < 4.78 is 0. The van der Waals surface area contributed by atoms with Crippen LogP contribution in [0.4, 0.5) is 0 Å². The van der Waals surface area contributed by atoms with Crippen molar-refractivity contribution in [3.05, 3.63) is 35.9 Å². The van der Waals surface area contributed by atoms with Gasteiger partial charge in [-0.25, -0.2) is 0 Å². The molecule has 1 saturated carbocycles. The Morgan fingerprint density at radius 1 is 1.00 bits per heavy atom. The first-order chi connectivity index (χ1) is 13.6. The van der Waals surface area contributed by atoms with Gasteiger partial charge >= 0.3 is 0 Å². The minimum atomic E-state index is 0.0840. The molecule has 1 saturated heterocycles. The fourth-order valence-corrected chi connectivity index (χ4v) is 4.29. The van der Waals surface area contributed by atoms with Crippen LogP contribution < -0.4 is 5.32 Å². The van der Waals surface area contributed by atoms with Crippen LogP contribution in [0, 0.1) is 11.8 Å². The molecule has 1 heterocycles. The minimum Gasteiger partial charge on any atom is -0.353 e. The molecule has 1 aromatic carbocycles. The number of nitrogens with zero attached hydrogens (tertiary/aromatic N) is 2. The van der Waals surface area contributed by atoms with E-state index in [1.165, 1.54) is 5.56 Å². The quantitative estimate of drug-likeness (QED) is 0.819. The van der Waals surface area contributed by atoms with E-state index in [9.17, 15) is 9.59 Å². The molecule has 1 unspecified atom stereocenters. The summed E-state index contributed by atoms with van der Waals surface area (Å²) in [5, 5.41) is 3.09. The first-order valence-electron chi connectivity index (χ1n) is 10.9. The normalized spacial score (nSPS) is 24.6. The molecule has 3 rings (SSSR count). The second kappa shape index (κ2) is 10.1. The number of carbonyl (C=O) groups is 2. The summed E-state index contributed by atoms with van der Waals surface area (Å²) in [5.41, 5.74) is 1.33. The Bertz CT molecular complexity index is 633. The number of benzene rings is 1. The van der Waals surface area contributed by atoms with Gasteiger partial charge in [-0.1, -0.05) is 37.3 Å². The zero-order valence-corrected chi connectivity index (χ0v) is 17.4. The Labute approximate surface area is 169 Å². The van der Waals surface area contributed by atoms with Crippen LogP contribution in [0.1, 0.15) is 51.5 Å². The summed E-state index contributed by atoms with van der Waals surface area (Å²) in [6.07, 6.45) is 4.33. The lowest BCUT2D eigenvalue weighted by Gasteiger charge is -2.38. The average Bonchev–Trinajstić information content (AvgIpc) is 2.74. The minimum absolute atomic E-state index is 0.0840. The monoisotopic (exact) mass is 385 g/mol. The lowest BCUT2D eigenvalue weighted by Crippen LogP contribution is -2.50. The lowest BCUT2D eigenvalue weighted by atomic mass is 9.80. The third kappa shape index (κ3) is 5.57. The highest BCUT2D eigenvalue weighted by atomic mass is 16.2. The maximum atomic E-state index is 12.9. The number of amides is 2. The van der Waals surface area contributed by atoms with Crippen LogP contribution in [0.2, 0.25) is 0 Å². The van der Waals surface area contributed by atoms with Crippen LogP contribution in [-0.4, -0.2) is 53.8 Å². The predicted octanol–water partition coefficient (Wildman–Crippen LogP) is 3.05. The third-order valence-electron chi connectivity index (χ3n) is 6.38. The van der Waals surface area contributed by atoms with Gasteiger partial charge in [0, 0.05) is 50.6 Å². The van der Waals surface area contributed by atoms with Crippen molar-refractivity contribution < 1.29 is 9.59 Å². The molecule has 1 aliphatic carbocycles. The molecule has 2 fully saturated rings. The van der Waals surface area contributed by atoms with Gasteiger partial charge in [0.2, 0.25) is 11.8 Å². The lowest BCUT2D eigenvalue weighted by molar-refractivity contribution is -0.140. The van der Waals surface area contributed by atoms with Gasteiger partial charge in [0.15, 0.2) is 0 Å². The average molecular weight is 386 g/mol. The van der Waals surface area contributed by atoms with Gasteiger partial charge in [-0.3, -0.25) is 14.5 Å². The Morgan fingerprint density at radius 3 is 2.21 bits per heavy atom. The Kier molecular flexibility index (Phi) is 7.49. The van der Waals surface area contributed by atoms with Crippen molar-refractivity contribution in [2.24, 2.45) is 11.8 Å². The molecule has 5 nitrogen and oxygen atoms in total. The topological polar surface area (TPSA) is 52.7 Å². The molecule has 2 aliphatic rings. The van der Waals surface area contributed by atoms with Crippen molar-refractivity contribution >= 4 is 11.8 Å². The molecule has 0 spiro atoms. The molecule has 0 radical (unpaired) electrons. The molecule has 2 amide bonds. The molecule has 0 aromatic heterocycles. The van der Waals surface area contributed by atoms with Crippen molar-refractivity contribution in [1.29, 1.82) is 0 Å². The number of nitrogens with one attached hydrogen (secondary N) is 1. The van der Waals surface area contributed by atoms with Gasteiger partial charge in [0.25, 0.3) is 0 Å². The molecule has 28 heavy (non-hydrogen) atoms. The molecule has 1 aromatic rings. The van der Waals surface area contributed by atoms with Crippen molar-refractivity contribution in [1.82, 2.24) is 15.1 Å². The summed E-state index contributed by atoms with van der Waals surface area (Å²) in [6.45, 7) is 8.60. The van der Waals surface area contributed by atoms with Crippen LogP contribution >= 0.6 is 0 Å². The van der Waals surface area contributed by atoms with Crippen molar-refractivity contribution in [2.45, 2.75) is 58.5 Å². The molecule has 0 bridgehead atoms. The number of hydrogen-bond donors (Lipinski definition) is 1. The van der Waals surface area contributed by atoms with E-state index in [1.54, 1.807) is 0 Å². The maximum Gasteiger partial charge on any atom is 0.225 e. The standard InChI is InChI=1S/C23H35N3O2/c1-3-18(2)24-22(27)20-9-11-21(12-10-20)23(28)26-15-13-25(14-16-26)17-19-7-5-4-6-8-19/h4-8,18,20-21H,3,9-17H2,1-2H3,(H,24,27). The van der Waals surface area contributed by atoms with Crippen LogP contribution in [-0.2, 0) is 16.1 Å². The van der Waals surface area contributed by atoms with E-state index >= 15 is 0 Å². The Balaban J connectivity index is 1.40. The van der Waals surface area contributed by atoms with E-state index in [0.29, 0.717) is 5.91 Å². The van der Waals surface area contributed by atoms with Crippen molar-refractivity contribution in [2.75, 3.05) is 26.2 Å². The summed E-state index contributed by atoms with van der Waals surface area (Å²) in [7, 11) is 0. The van der Waals surface area contributed by atoms with Gasteiger partial charge < -0.3 is 10.2 Å². The zero-order valence-electron chi connectivity index (χ0n) is 17.4. The van der Waals surface area contributed by atoms with Crippen LogP contribution in [0.25, 0.3) is 0 Å². The van der Waals surface area contributed by atoms with Gasteiger partial charge in [0.05, 0.1) is 0 Å². The second-order valence-corrected chi connectivity index (χ2v) is 8.45. The number of carbonyl (C=O) groups excluding carboxylic acids is 2. The number of hydrogen-bond acceptors (Lipinski definition) is 3. The molecule has 5 heteroatoms. The highest BCUT2D eigenvalue weighted by molar-refractivity contribution is 5.81. The maximum absolute atomic E-state index is 12.9. The molecular weight excluding hydrogens is 350 g/mol. The third-order valence-corrected chi connectivity index (χ3v) is 6.38. The first kappa shape index (κ1) is 20.8. The second-order valence-electron chi connectivity index (χ2n) is 8.45. The first-order valence-corrected chi connectivity index (χ1v) is 10.9. The van der Waals surface area contributed by atoms with E-state index in [4.69, 9.17) is 0 Å². The van der Waals surface area contributed by atoms with Gasteiger partial charge in [-0.2, -0.15) is 0 Å². The summed E-state index contributed by atoms with van der Waals surface area (Å²) in [6, 6.07) is 10.8. The summed E-state index contributed by atoms with van der Waals surface area (Å²) >= 11 is 0. The predicted molar refractivity (Wildman–Crippen MR) is 112 cm³/mol. The van der Waals surface area contributed by atoms with E-state index in [0.717, 1.165) is 64.8 Å². The van der Waals surface area contributed by atoms with Gasteiger partial charge in [-0.15, -0.1) is 0 Å². The molecule has 154 valence electrons. The van der Waals surface area contributed by atoms with Crippen LogP contribution in [0.5, 0.6) is 0 Å². The largest absolute Gasteiger partial charge is 0.353 e. The summed E-state index contributed by atoms with van der Waals surface area (Å²) in [4.78, 5) is 29.7. The smallest absolute Gasteiger partial charge is 0.225 e. The van der Waals surface area contributed by atoms with E-state index < -0.39 is 0 Å². The number of piperazine rings is 1. The molecule has 1 aliphatic heterocycles. The van der Waals surface area contributed by atoms with Crippen molar-refractivity contribution in [3.63, 3.8) is 0 Å². The molecular formula is C23H35N3O2. The number of rotatable bonds is 6. The highest BCUT2D eigenvalue weighted by Crippen LogP contribution is 2.30. The Hall–Kier alpha value is -1.88. The van der Waals surface area contributed by atoms with Crippen LogP contribution in [0.3, 0.4) is 0 Å². The SMILES string of the molecule is CCC(C)NC(=O)C1CCC(C(=O)N2CCN(Cc3ccccc3)CC2)CC1. The van der Waals surface area contributed by atoms with Gasteiger partial charge in [-0.05, 0) is 44.6 Å². The molecule has 1 atom stereocenters. The van der Waals surface area contributed by atoms with E-state index in [-0.39, 0.29) is 23.8 Å². The molecule has 1 N–H and O–H groups in total. The van der Waals surface area contributed by atoms with E-state index in [2.05, 4.69) is 41.4 Å². The Morgan fingerprint density at radius 2 is 1.61 bits per heavy atom. The van der Waals surface area contributed by atoms with Crippen LogP contribution in [0.15, 0.2) is 30.3 Å². The van der Waals surface area contributed by atoms with E-state index in [1.807, 2.05) is 17.9 Å².